The minimum Gasteiger partial charge on any atom is -0.483 e. The molecule has 1 aliphatic heterocycles. The normalized spacial score (nSPS) is 17.0. The van der Waals surface area contributed by atoms with Crippen LogP contribution in [0.5, 0.6) is 11.5 Å². The van der Waals surface area contributed by atoms with Crippen LogP contribution in [0.15, 0.2) is 24.3 Å². The quantitative estimate of drug-likeness (QED) is 0.774. The van der Waals surface area contributed by atoms with Crippen molar-refractivity contribution in [1.82, 2.24) is 0 Å². The third-order valence-electron chi connectivity index (χ3n) is 2.50. The van der Waals surface area contributed by atoms with Gasteiger partial charge in [-0.3, -0.25) is 4.79 Å². The van der Waals surface area contributed by atoms with Gasteiger partial charge in [0.05, 0.1) is 0 Å². The summed E-state index contributed by atoms with van der Waals surface area (Å²) in [6.07, 6.45) is -2.63. The summed E-state index contributed by atoms with van der Waals surface area (Å²) in [6.45, 7) is 3.50. The predicted molar refractivity (Wildman–Crippen MR) is 61.9 cm³/mol. The third-order valence-corrected chi connectivity index (χ3v) is 2.50. The Labute approximate surface area is 107 Å². The Bertz CT molecular complexity index is 545. The number of halogens is 3. The van der Waals surface area contributed by atoms with Gasteiger partial charge in [-0.1, -0.05) is 0 Å². The summed E-state index contributed by atoms with van der Waals surface area (Å²) < 4.78 is 45.8. The average molecular weight is 272 g/mol. The van der Waals surface area contributed by atoms with E-state index in [0.29, 0.717) is 12.0 Å². The van der Waals surface area contributed by atoms with E-state index in [2.05, 4.69) is 4.74 Å². The first-order chi connectivity index (χ1) is 8.70. The van der Waals surface area contributed by atoms with Crippen LogP contribution in [0.3, 0.4) is 0 Å². The van der Waals surface area contributed by atoms with Gasteiger partial charge >= 0.3 is 6.36 Å². The standard InChI is InChI=1S/C13H11F3O3/c1-12(2)6-8(7-17)10-5-9(18-13(14,15)16)3-4-11(10)19-12/h3-7H,1-2H3. The molecule has 6 heteroatoms. The molecule has 0 saturated heterocycles. The fourth-order valence-electron chi connectivity index (χ4n) is 1.88. The van der Waals surface area contributed by atoms with Gasteiger partial charge in [0.2, 0.25) is 0 Å². The van der Waals surface area contributed by atoms with E-state index in [9.17, 15) is 18.0 Å². The zero-order valence-corrected chi connectivity index (χ0v) is 10.2. The van der Waals surface area contributed by atoms with Crippen molar-refractivity contribution in [3.8, 4) is 11.5 Å². The van der Waals surface area contributed by atoms with Gasteiger partial charge in [-0.2, -0.15) is 0 Å². The molecule has 0 fully saturated rings. The van der Waals surface area contributed by atoms with E-state index < -0.39 is 12.0 Å². The monoisotopic (exact) mass is 272 g/mol. The first kappa shape index (κ1) is 13.5. The molecule has 0 unspecified atom stereocenters. The molecule has 19 heavy (non-hydrogen) atoms. The molecule has 1 heterocycles. The Kier molecular flexibility index (Phi) is 3.04. The van der Waals surface area contributed by atoms with Gasteiger partial charge < -0.3 is 9.47 Å². The summed E-state index contributed by atoms with van der Waals surface area (Å²) in [6, 6.07) is 3.64. The van der Waals surface area contributed by atoms with Crippen LogP contribution >= 0.6 is 0 Å². The minimum atomic E-state index is -4.77. The molecule has 3 nitrogen and oxygen atoms in total. The maximum absolute atomic E-state index is 12.1. The molecule has 1 aromatic carbocycles. The highest BCUT2D eigenvalue weighted by molar-refractivity contribution is 6.09. The summed E-state index contributed by atoms with van der Waals surface area (Å²) >= 11 is 0. The number of benzene rings is 1. The zero-order chi connectivity index (χ0) is 14.3. The fraction of sp³-hybridized carbons (Fsp3) is 0.308. The number of ether oxygens (including phenoxy) is 2. The van der Waals surface area contributed by atoms with Gasteiger partial charge in [-0.05, 0) is 38.1 Å². The van der Waals surface area contributed by atoms with Crippen molar-refractivity contribution in [2.45, 2.75) is 25.8 Å². The van der Waals surface area contributed by atoms with Crippen LogP contribution in [0.25, 0.3) is 5.57 Å². The summed E-state index contributed by atoms with van der Waals surface area (Å²) in [5, 5.41) is 0. The minimum absolute atomic E-state index is 0.277. The molecule has 0 amide bonds. The van der Waals surface area contributed by atoms with Crippen LogP contribution in [0.4, 0.5) is 13.2 Å². The second kappa shape index (κ2) is 4.29. The van der Waals surface area contributed by atoms with Crippen LogP contribution < -0.4 is 9.47 Å². The molecule has 102 valence electrons. The second-order valence-corrected chi connectivity index (χ2v) is 4.63. The molecule has 0 atom stereocenters. The molecule has 2 rings (SSSR count). The van der Waals surface area contributed by atoms with Crippen LogP contribution in [0.2, 0.25) is 0 Å². The third kappa shape index (κ3) is 3.07. The van der Waals surface area contributed by atoms with E-state index in [4.69, 9.17) is 4.74 Å². The van der Waals surface area contributed by atoms with Gasteiger partial charge in [0, 0.05) is 11.1 Å². The summed E-state index contributed by atoms with van der Waals surface area (Å²) in [4.78, 5) is 11.0. The SMILES string of the molecule is CC1(C)C=C(C=O)c2cc(OC(F)(F)F)ccc2O1. The van der Waals surface area contributed by atoms with E-state index in [1.807, 2.05) is 0 Å². The lowest BCUT2D eigenvalue weighted by Gasteiger charge is -2.29. The van der Waals surface area contributed by atoms with Crippen molar-refractivity contribution >= 4 is 11.9 Å². The van der Waals surface area contributed by atoms with Crippen molar-refractivity contribution in [1.29, 1.82) is 0 Å². The van der Waals surface area contributed by atoms with Gasteiger partial charge in [0.15, 0.2) is 6.29 Å². The van der Waals surface area contributed by atoms with Crippen molar-refractivity contribution in [2.75, 3.05) is 0 Å². The van der Waals surface area contributed by atoms with E-state index >= 15 is 0 Å². The average Bonchev–Trinajstić information content (AvgIpc) is 2.25. The predicted octanol–water partition coefficient (Wildman–Crippen LogP) is 3.34. The van der Waals surface area contributed by atoms with E-state index in [1.54, 1.807) is 19.9 Å². The maximum atomic E-state index is 12.1. The first-order valence-electron chi connectivity index (χ1n) is 5.47. The topological polar surface area (TPSA) is 35.5 Å². The van der Waals surface area contributed by atoms with Crippen molar-refractivity contribution in [3.05, 3.63) is 29.8 Å². The molecule has 0 aliphatic carbocycles. The molecule has 0 spiro atoms. The Balaban J connectivity index is 2.43. The molecule has 0 aromatic heterocycles. The number of carbonyl (C=O) groups excluding carboxylic acids is 1. The van der Waals surface area contributed by atoms with Crippen molar-refractivity contribution < 1.29 is 27.4 Å². The zero-order valence-electron chi connectivity index (χ0n) is 10.2. The van der Waals surface area contributed by atoms with Gasteiger partial charge in [-0.25, -0.2) is 0 Å². The molecule has 0 saturated carbocycles. The van der Waals surface area contributed by atoms with Crippen molar-refractivity contribution in [2.24, 2.45) is 0 Å². The van der Waals surface area contributed by atoms with Gasteiger partial charge in [0.25, 0.3) is 0 Å². The molecular formula is C13H11F3O3. The number of hydrogen-bond acceptors (Lipinski definition) is 3. The van der Waals surface area contributed by atoms with Gasteiger partial charge in [-0.15, -0.1) is 13.2 Å². The number of aldehydes is 1. The lowest BCUT2D eigenvalue weighted by Crippen LogP contribution is -2.29. The Hall–Kier alpha value is -1.98. The largest absolute Gasteiger partial charge is 0.573 e. The molecule has 0 radical (unpaired) electrons. The van der Waals surface area contributed by atoms with Crippen LogP contribution in [-0.4, -0.2) is 18.2 Å². The number of fused-ring (bicyclic) bond motifs is 1. The lowest BCUT2D eigenvalue weighted by atomic mass is 9.95. The van der Waals surface area contributed by atoms with Crippen molar-refractivity contribution in [3.63, 3.8) is 0 Å². The number of carbonyl (C=O) groups is 1. The lowest BCUT2D eigenvalue weighted by molar-refractivity contribution is -0.274. The fourth-order valence-corrected chi connectivity index (χ4v) is 1.88. The number of allylic oxidation sites excluding steroid dienone is 1. The second-order valence-electron chi connectivity index (χ2n) is 4.63. The summed E-state index contributed by atoms with van der Waals surface area (Å²) in [7, 11) is 0. The number of rotatable bonds is 2. The Morgan fingerprint density at radius 1 is 1.32 bits per heavy atom. The summed E-state index contributed by atoms with van der Waals surface area (Å²) in [5.74, 6) is -0.0357. The maximum Gasteiger partial charge on any atom is 0.573 e. The van der Waals surface area contributed by atoms with E-state index in [0.717, 1.165) is 12.1 Å². The molecule has 0 N–H and O–H groups in total. The van der Waals surface area contributed by atoms with Crippen LogP contribution in [0.1, 0.15) is 19.4 Å². The number of alkyl halides is 3. The van der Waals surface area contributed by atoms with E-state index in [1.165, 1.54) is 6.07 Å². The Morgan fingerprint density at radius 3 is 2.58 bits per heavy atom. The van der Waals surface area contributed by atoms with Crippen LogP contribution in [0, 0.1) is 0 Å². The number of hydrogen-bond donors (Lipinski definition) is 0. The van der Waals surface area contributed by atoms with Gasteiger partial charge in [0.1, 0.15) is 17.1 Å². The highest BCUT2D eigenvalue weighted by Gasteiger charge is 2.32. The highest BCUT2D eigenvalue weighted by Crippen LogP contribution is 2.38. The van der Waals surface area contributed by atoms with E-state index in [-0.39, 0.29) is 16.9 Å². The summed E-state index contributed by atoms with van der Waals surface area (Å²) in [5.41, 5.74) is -0.120. The highest BCUT2D eigenvalue weighted by atomic mass is 19.4. The molecule has 1 aliphatic rings. The molecule has 1 aromatic rings. The Morgan fingerprint density at radius 2 is 2.00 bits per heavy atom. The molecular weight excluding hydrogens is 261 g/mol. The smallest absolute Gasteiger partial charge is 0.483 e. The molecule has 0 bridgehead atoms. The first-order valence-corrected chi connectivity index (χ1v) is 5.47. The van der Waals surface area contributed by atoms with Crippen LogP contribution in [-0.2, 0) is 4.79 Å².